The first kappa shape index (κ1) is 15.1. The van der Waals surface area contributed by atoms with Crippen LogP contribution in [0.3, 0.4) is 0 Å². The third-order valence-electron chi connectivity index (χ3n) is 2.07. The minimum Gasteiger partial charge on any atom is -0.358 e. The first-order valence-corrected chi connectivity index (χ1v) is 5.57. The Balaban J connectivity index is 2.57. The van der Waals surface area contributed by atoms with Crippen molar-refractivity contribution < 1.29 is 17.9 Å². The van der Waals surface area contributed by atoms with Gasteiger partial charge in [-0.25, -0.2) is 0 Å². The van der Waals surface area contributed by atoms with Gasteiger partial charge in [-0.1, -0.05) is 36.3 Å². The van der Waals surface area contributed by atoms with Crippen molar-refractivity contribution in [2.24, 2.45) is 0 Å². The molecule has 0 aliphatic rings. The van der Waals surface area contributed by atoms with E-state index in [9.17, 15) is 13.2 Å². The maximum Gasteiger partial charge on any atom is 0.458 e. The lowest BCUT2D eigenvalue weighted by Crippen LogP contribution is -2.21. The van der Waals surface area contributed by atoms with Gasteiger partial charge in [-0.05, 0) is 31.3 Å². The van der Waals surface area contributed by atoms with Crippen LogP contribution in [0.2, 0.25) is 0 Å². The predicted molar refractivity (Wildman–Crippen MR) is 66.9 cm³/mol. The van der Waals surface area contributed by atoms with E-state index in [2.05, 4.69) is 11.8 Å². The molecule has 1 nitrogen and oxygen atoms in total. The highest BCUT2D eigenvalue weighted by Gasteiger charge is 2.22. The van der Waals surface area contributed by atoms with Crippen LogP contribution in [-0.4, -0.2) is 11.8 Å². The highest BCUT2D eigenvalue weighted by molar-refractivity contribution is 5.30. The van der Waals surface area contributed by atoms with Crippen molar-refractivity contribution >= 4 is 0 Å². The smallest absolute Gasteiger partial charge is 0.358 e. The van der Waals surface area contributed by atoms with Crippen LogP contribution in [-0.2, 0) is 11.3 Å². The van der Waals surface area contributed by atoms with Crippen molar-refractivity contribution in [3.63, 3.8) is 0 Å². The lowest BCUT2D eigenvalue weighted by Gasteiger charge is -2.18. The van der Waals surface area contributed by atoms with Gasteiger partial charge >= 0.3 is 6.18 Å². The van der Waals surface area contributed by atoms with Gasteiger partial charge in [0.25, 0.3) is 0 Å². The van der Waals surface area contributed by atoms with Crippen LogP contribution in [0, 0.1) is 23.7 Å². The Morgan fingerprint density at radius 1 is 1.00 bits per heavy atom. The molecule has 4 heteroatoms. The third-order valence-corrected chi connectivity index (χ3v) is 2.07. The van der Waals surface area contributed by atoms with Gasteiger partial charge in [-0.15, -0.1) is 0 Å². The first-order valence-electron chi connectivity index (χ1n) is 5.57. The molecule has 0 amide bonds. The Labute approximate surface area is 110 Å². The van der Waals surface area contributed by atoms with E-state index in [-0.39, 0.29) is 0 Å². The van der Waals surface area contributed by atoms with E-state index in [1.807, 2.05) is 30.3 Å². The monoisotopic (exact) mass is 266 g/mol. The van der Waals surface area contributed by atoms with Crippen molar-refractivity contribution in [3.05, 3.63) is 35.9 Å². The Kier molecular flexibility index (Phi) is 5.03. The quantitative estimate of drug-likeness (QED) is 0.760. The molecule has 1 rings (SSSR count). The lowest BCUT2D eigenvalue weighted by molar-refractivity contribution is -0.0696. The number of halogens is 3. The molecule has 0 bridgehead atoms. The normalized spacial score (nSPS) is 11.0. The summed E-state index contributed by atoms with van der Waals surface area (Å²) in [7, 11) is 0. The molecule has 0 unspecified atom stereocenters. The second-order valence-electron chi connectivity index (χ2n) is 4.28. The van der Waals surface area contributed by atoms with E-state index >= 15 is 0 Å². The van der Waals surface area contributed by atoms with Crippen LogP contribution in [0.25, 0.3) is 0 Å². The first-order chi connectivity index (χ1) is 8.79. The second kappa shape index (κ2) is 6.31. The summed E-state index contributed by atoms with van der Waals surface area (Å²) >= 11 is 0. The summed E-state index contributed by atoms with van der Waals surface area (Å²) in [5, 5.41) is 0. The molecular formula is C15H13F3O. The van der Waals surface area contributed by atoms with Crippen molar-refractivity contribution in [1.82, 2.24) is 0 Å². The molecule has 100 valence electrons. The molecule has 1 aromatic carbocycles. The summed E-state index contributed by atoms with van der Waals surface area (Å²) in [5.74, 6) is 7.57. The van der Waals surface area contributed by atoms with E-state index < -0.39 is 11.8 Å². The van der Waals surface area contributed by atoms with Crippen molar-refractivity contribution in [3.8, 4) is 23.7 Å². The molecule has 0 aliphatic carbocycles. The molecule has 19 heavy (non-hydrogen) atoms. The predicted octanol–water partition coefficient (Wildman–Crippen LogP) is 3.55. The van der Waals surface area contributed by atoms with Gasteiger partial charge in [0.15, 0.2) is 0 Å². The molecule has 0 aliphatic heterocycles. The zero-order chi connectivity index (χ0) is 14.4. The van der Waals surface area contributed by atoms with Crippen molar-refractivity contribution in [2.75, 3.05) is 0 Å². The third kappa shape index (κ3) is 7.18. The molecule has 0 aromatic heterocycles. The fourth-order valence-corrected chi connectivity index (χ4v) is 1.16. The van der Waals surface area contributed by atoms with Crippen LogP contribution >= 0.6 is 0 Å². The highest BCUT2D eigenvalue weighted by atomic mass is 19.4. The van der Waals surface area contributed by atoms with E-state index in [4.69, 9.17) is 4.74 Å². The number of benzene rings is 1. The van der Waals surface area contributed by atoms with Gasteiger partial charge in [0.2, 0.25) is 0 Å². The molecule has 0 atom stereocenters. The van der Waals surface area contributed by atoms with Crippen molar-refractivity contribution in [1.29, 1.82) is 0 Å². The highest BCUT2D eigenvalue weighted by Crippen LogP contribution is 2.12. The minimum absolute atomic E-state index is 0.342. The summed E-state index contributed by atoms with van der Waals surface area (Å²) in [6, 6.07) is 9.44. The second-order valence-corrected chi connectivity index (χ2v) is 4.28. The van der Waals surface area contributed by atoms with Crippen LogP contribution in [0.5, 0.6) is 0 Å². The molecule has 0 N–H and O–H groups in total. The summed E-state index contributed by atoms with van der Waals surface area (Å²) < 4.78 is 40.8. The van der Waals surface area contributed by atoms with Crippen LogP contribution in [0.15, 0.2) is 30.3 Å². The number of alkyl halides is 3. The zero-order valence-corrected chi connectivity index (χ0v) is 10.6. The molecule has 1 aromatic rings. The van der Waals surface area contributed by atoms with Gasteiger partial charge in [-0.2, -0.15) is 13.2 Å². The van der Waals surface area contributed by atoms with E-state index in [0.717, 1.165) is 11.5 Å². The van der Waals surface area contributed by atoms with Gasteiger partial charge in [0.1, 0.15) is 5.60 Å². The molecular weight excluding hydrogens is 253 g/mol. The number of hydrogen-bond acceptors (Lipinski definition) is 1. The molecule has 0 spiro atoms. The minimum atomic E-state index is -4.51. The Morgan fingerprint density at radius 3 is 2.16 bits per heavy atom. The van der Waals surface area contributed by atoms with Crippen LogP contribution in [0.4, 0.5) is 13.2 Å². The number of hydrogen-bond donors (Lipinski definition) is 0. The lowest BCUT2D eigenvalue weighted by atomic mass is 10.1. The van der Waals surface area contributed by atoms with Crippen LogP contribution in [0.1, 0.15) is 19.4 Å². The average Bonchev–Trinajstić information content (AvgIpc) is 2.33. The summed E-state index contributed by atoms with van der Waals surface area (Å²) in [6.45, 7) is 3.70. The van der Waals surface area contributed by atoms with E-state index in [1.165, 1.54) is 0 Å². The van der Waals surface area contributed by atoms with E-state index in [1.54, 1.807) is 19.8 Å². The molecule has 0 saturated carbocycles. The van der Waals surface area contributed by atoms with E-state index in [0.29, 0.717) is 6.61 Å². The zero-order valence-electron chi connectivity index (χ0n) is 10.6. The fraction of sp³-hybridized carbons (Fsp3) is 0.333. The maximum atomic E-state index is 11.8. The van der Waals surface area contributed by atoms with Gasteiger partial charge in [-0.3, -0.25) is 0 Å². The Morgan fingerprint density at radius 2 is 1.58 bits per heavy atom. The largest absolute Gasteiger partial charge is 0.458 e. The summed E-state index contributed by atoms with van der Waals surface area (Å²) in [4.78, 5) is 0. The van der Waals surface area contributed by atoms with Gasteiger partial charge < -0.3 is 4.74 Å². The topological polar surface area (TPSA) is 9.23 Å². The van der Waals surface area contributed by atoms with Gasteiger partial charge in [0, 0.05) is 5.92 Å². The van der Waals surface area contributed by atoms with Crippen LogP contribution < -0.4 is 0 Å². The molecule has 0 saturated heterocycles. The van der Waals surface area contributed by atoms with Gasteiger partial charge in [0.05, 0.1) is 6.61 Å². The Bertz CT molecular complexity index is 522. The van der Waals surface area contributed by atoms with Crippen molar-refractivity contribution in [2.45, 2.75) is 32.2 Å². The standard InChI is InChI=1S/C15H13F3O/c1-14(2,10-6-7-11-15(16,17)18)19-12-13-8-4-3-5-9-13/h3-5,8-9H,12H2,1-2H3. The summed E-state index contributed by atoms with van der Waals surface area (Å²) in [5.41, 5.74) is 0.120. The molecule has 0 heterocycles. The Hall–Kier alpha value is -1.91. The number of ether oxygens (including phenoxy) is 1. The number of rotatable bonds is 3. The fourth-order valence-electron chi connectivity index (χ4n) is 1.16. The summed E-state index contributed by atoms with van der Waals surface area (Å²) in [6.07, 6.45) is -4.51. The SMILES string of the molecule is CC(C)(C#CC#CC(F)(F)F)OCc1ccccc1. The average molecular weight is 266 g/mol. The molecule has 0 fully saturated rings. The molecule has 0 radical (unpaired) electrons. The maximum absolute atomic E-state index is 11.8.